The first kappa shape index (κ1) is 28.7. The van der Waals surface area contributed by atoms with Crippen LogP contribution in [0.3, 0.4) is 0 Å². The molecular weight excluding hydrogens is 540 g/mol. The number of Topliss-reactive ketones (excluding diaryl/α,β-unsaturated/α-hetero) is 1. The summed E-state index contributed by atoms with van der Waals surface area (Å²) in [5, 5.41) is 9.35. The smallest absolute Gasteiger partial charge is 0.289 e. The maximum atomic E-state index is 14.0. The third-order valence-electron chi connectivity index (χ3n) is 6.94. The summed E-state index contributed by atoms with van der Waals surface area (Å²) in [4.78, 5) is 55.9. The van der Waals surface area contributed by atoms with E-state index in [1.807, 2.05) is 0 Å². The molecule has 2 aliphatic carbocycles. The molecule has 0 spiro atoms. The standard InChI is InChI=1S/C26H28F4N4O4S/c27-25(28)8-4-7-17(12-25)21(36)34-24(14-26(29,30)15-24)23(38)33-18(11-16-5-2-1-3-6-16)20(35)22(37)32-13-19-31-9-10-39-19/h1-3,5-6,9-10,17-18H,4,7-8,11-15H2,(H,32,37)(H,33,38)(H,34,36)/t17?,18-/m1/s1. The van der Waals surface area contributed by atoms with Gasteiger partial charge in [-0.3, -0.25) is 19.2 Å². The third kappa shape index (κ3) is 7.20. The van der Waals surface area contributed by atoms with Gasteiger partial charge in [0.2, 0.25) is 23.5 Å². The number of nitrogens with zero attached hydrogens (tertiary/aromatic N) is 1. The van der Waals surface area contributed by atoms with Crippen molar-refractivity contribution in [1.29, 1.82) is 0 Å². The minimum Gasteiger partial charge on any atom is -0.343 e. The van der Waals surface area contributed by atoms with Crippen molar-refractivity contribution in [1.82, 2.24) is 20.9 Å². The van der Waals surface area contributed by atoms with E-state index < -0.39 is 72.1 Å². The first-order chi connectivity index (χ1) is 18.4. The number of benzene rings is 1. The van der Waals surface area contributed by atoms with Gasteiger partial charge >= 0.3 is 0 Å². The maximum absolute atomic E-state index is 14.0. The minimum absolute atomic E-state index is 0.0213. The van der Waals surface area contributed by atoms with Gasteiger partial charge < -0.3 is 16.0 Å². The Kier molecular flexibility index (Phi) is 8.38. The van der Waals surface area contributed by atoms with Crippen LogP contribution in [-0.4, -0.2) is 51.9 Å². The van der Waals surface area contributed by atoms with Crippen LogP contribution in [0, 0.1) is 5.92 Å². The highest BCUT2D eigenvalue weighted by atomic mass is 32.1. The third-order valence-corrected chi connectivity index (χ3v) is 7.72. The quantitative estimate of drug-likeness (QED) is 0.301. The highest BCUT2D eigenvalue weighted by Gasteiger charge is 2.62. The molecule has 1 aromatic carbocycles. The van der Waals surface area contributed by atoms with Crippen molar-refractivity contribution in [2.24, 2.45) is 5.92 Å². The summed E-state index contributed by atoms with van der Waals surface area (Å²) in [6, 6.07) is 7.01. The number of nitrogens with one attached hydrogen (secondary N) is 3. The Morgan fingerprint density at radius 3 is 2.38 bits per heavy atom. The number of halogens is 4. The Morgan fingerprint density at radius 1 is 1.05 bits per heavy atom. The van der Waals surface area contributed by atoms with Crippen molar-refractivity contribution in [2.45, 2.75) is 74.9 Å². The molecular formula is C26H28F4N4O4S. The molecule has 13 heteroatoms. The fraction of sp³-hybridized carbons (Fsp3) is 0.500. The van der Waals surface area contributed by atoms with Gasteiger partial charge in [-0.2, -0.15) is 0 Å². The predicted octanol–water partition coefficient (Wildman–Crippen LogP) is 3.17. The van der Waals surface area contributed by atoms with E-state index >= 15 is 0 Å². The molecule has 39 heavy (non-hydrogen) atoms. The molecule has 3 amide bonds. The van der Waals surface area contributed by atoms with E-state index in [-0.39, 0.29) is 32.2 Å². The van der Waals surface area contributed by atoms with Crippen molar-refractivity contribution in [2.75, 3.05) is 0 Å². The Bertz CT molecular complexity index is 1200. The average Bonchev–Trinajstić information content (AvgIpc) is 3.39. The summed E-state index contributed by atoms with van der Waals surface area (Å²) >= 11 is 1.26. The molecule has 2 fully saturated rings. The Balaban J connectivity index is 1.50. The topological polar surface area (TPSA) is 117 Å². The fourth-order valence-electron chi connectivity index (χ4n) is 4.97. The molecule has 2 aliphatic rings. The van der Waals surface area contributed by atoms with Crippen molar-refractivity contribution in [3.05, 3.63) is 52.5 Å². The second kappa shape index (κ2) is 11.4. The van der Waals surface area contributed by atoms with Crippen LogP contribution >= 0.6 is 11.3 Å². The van der Waals surface area contributed by atoms with E-state index in [2.05, 4.69) is 20.9 Å². The molecule has 1 unspecified atom stereocenters. The molecule has 1 heterocycles. The number of rotatable bonds is 10. The van der Waals surface area contributed by atoms with Crippen LogP contribution in [-0.2, 0) is 32.1 Å². The lowest BCUT2D eigenvalue weighted by Gasteiger charge is -2.47. The van der Waals surface area contributed by atoms with E-state index in [0.29, 0.717) is 10.6 Å². The van der Waals surface area contributed by atoms with Crippen LogP contribution in [0.4, 0.5) is 17.6 Å². The molecule has 1 aromatic heterocycles. The lowest BCUT2D eigenvalue weighted by Crippen LogP contribution is -2.71. The molecule has 2 atom stereocenters. The largest absolute Gasteiger partial charge is 0.343 e. The van der Waals surface area contributed by atoms with Gasteiger partial charge in [0.05, 0.1) is 6.54 Å². The van der Waals surface area contributed by atoms with Crippen LogP contribution in [0.25, 0.3) is 0 Å². The van der Waals surface area contributed by atoms with E-state index in [1.165, 1.54) is 17.5 Å². The van der Waals surface area contributed by atoms with E-state index in [1.54, 1.807) is 35.7 Å². The number of hydrogen-bond donors (Lipinski definition) is 3. The maximum Gasteiger partial charge on any atom is 0.289 e. The van der Waals surface area contributed by atoms with Gasteiger partial charge in [0.25, 0.3) is 11.8 Å². The van der Waals surface area contributed by atoms with Gasteiger partial charge in [-0.25, -0.2) is 22.5 Å². The van der Waals surface area contributed by atoms with E-state index in [9.17, 15) is 36.7 Å². The number of carbonyl (C=O) groups excluding carboxylic acids is 4. The second-order valence-corrected chi connectivity index (χ2v) is 11.1. The van der Waals surface area contributed by atoms with Crippen LogP contribution < -0.4 is 16.0 Å². The van der Waals surface area contributed by atoms with Crippen LogP contribution in [0.15, 0.2) is 41.9 Å². The first-order valence-corrected chi connectivity index (χ1v) is 13.4. The molecule has 2 aromatic rings. The molecule has 0 bridgehead atoms. The summed E-state index contributed by atoms with van der Waals surface area (Å²) in [6.45, 7) is -0.0213. The molecule has 4 rings (SSSR count). The van der Waals surface area contributed by atoms with Crippen LogP contribution in [0.1, 0.15) is 49.1 Å². The lowest BCUT2D eigenvalue weighted by atomic mass is 9.71. The predicted molar refractivity (Wildman–Crippen MR) is 133 cm³/mol. The first-order valence-electron chi connectivity index (χ1n) is 12.5. The molecule has 0 radical (unpaired) electrons. The SMILES string of the molecule is O=C(NCc1nccs1)C(=O)[C@@H](Cc1ccccc1)NC(=O)C1(NC(=O)C2CCCC(F)(F)C2)CC(F)(F)C1. The number of alkyl halides is 4. The van der Waals surface area contributed by atoms with Crippen molar-refractivity contribution in [3.8, 4) is 0 Å². The molecule has 210 valence electrons. The monoisotopic (exact) mass is 568 g/mol. The van der Waals surface area contributed by atoms with Crippen LogP contribution in [0.5, 0.6) is 0 Å². The van der Waals surface area contributed by atoms with E-state index in [4.69, 9.17) is 0 Å². The van der Waals surface area contributed by atoms with Gasteiger partial charge in [0, 0.05) is 49.6 Å². The molecule has 0 saturated heterocycles. The average molecular weight is 569 g/mol. The summed E-state index contributed by atoms with van der Waals surface area (Å²) in [6.07, 6.45) is -1.57. The molecule has 8 nitrogen and oxygen atoms in total. The fourth-order valence-corrected chi connectivity index (χ4v) is 5.52. The summed E-state index contributed by atoms with van der Waals surface area (Å²) < 4.78 is 55.8. The number of hydrogen-bond acceptors (Lipinski definition) is 6. The van der Waals surface area contributed by atoms with Gasteiger partial charge in [0.15, 0.2) is 0 Å². The van der Waals surface area contributed by atoms with Crippen molar-refractivity contribution in [3.63, 3.8) is 0 Å². The zero-order chi connectivity index (χ0) is 28.3. The summed E-state index contributed by atoms with van der Waals surface area (Å²) in [5.41, 5.74) is -1.51. The number of amides is 3. The molecule has 0 aliphatic heterocycles. The number of carbonyl (C=O) groups is 4. The zero-order valence-electron chi connectivity index (χ0n) is 20.9. The number of thiazole rings is 1. The van der Waals surface area contributed by atoms with E-state index in [0.717, 1.165) is 0 Å². The second-order valence-electron chi connectivity index (χ2n) is 10.1. The van der Waals surface area contributed by atoms with Gasteiger partial charge in [-0.1, -0.05) is 30.3 Å². The molecule has 3 N–H and O–H groups in total. The normalized spacial score (nSPS) is 21.6. The Morgan fingerprint density at radius 2 is 1.77 bits per heavy atom. The van der Waals surface area contributed by atoms with Crippen molar-refractivity contribution < 1.29 is 36.7 Å². The van der Waals surface area contributed by atoms with Crippen LogP contribution in [0.2, 0.25) is 0 Å². The highest BCUT2D eigenvalue weighted by molar-refractivity contribution is 7.09. The zero-order valence-corrected chi connectivity index (χ0v) is 21.7. The summed E-state index contributed by atoms with van der Waals surface area (Å²) in [7, 11) is 0. The minimum atomic E-state index is -3.27. The van der Waals surface area contributed by atoms with Crippen molar-refractivity contribution >= 4 is 34.8 Å². The Labute approximate surface area is 225 Å². The van der Waals surface area contributed by atoms with Gasteiger partial charge in [-0.15, -0.1) is 11.3 Å². The number of ketones is 1. The van der Waals surface area contributed by atoms with Gasteiger partial charge in [0.1, 0.15) is 16.6 Å². The summed E-state index contributed by atoms with van der Waals surface area (Å²) in [5.74, 6) is -11.5. The Hall–Kier alpha value is -3.35. The molecule has 2 saturated carbocycles. The number of aromatic nitrogens is 1. The van der Waals surface area contributed by atoms with Gasteiger partial charge in [-0.05, 0) is 18.4 Å². The lowest BCUT2D eigenvalue weighted by molar-refractivity contribution is -0.169. The highest BCUT2D eigenvalue weighted by Crippen LogP contribution is 2.46.